The molecule has 0 aliphatic carbocycles. The summed E-state index contributed by atoms with van der Waals surface area (Å²) in [5.74, 6) is -0.101. The molecular weight excluding hydrogens is 478 g/mol. The zero-order valence-electron chi connectivity index (χ0n) is 19.8. The van der Waals surface area contributed by atoms with Crippen LogP contribution in [0.4, 0.5) is 5.69 Å². The maximum Gasteiger partial charge on any atom is 0.343 e. The number of benzene rings is 4. The molecule has 0 unspecified atom stereocenters. The molecule has 37 heavy (non-hydrogen) atoms. The third-order valence-electron chi connectivity index (χ3n) is 5.45. The molecular formula is C27H21N3O7. The topological polar surface area (TPSA) is 129 Å². The van der Waals surface area contributed by atoms with E-state index in [0.29, 0.717) is 17.1 Å². The molecule has 0 atom stereocenters. The van der Waals surface area contributed by atoms with Gasteiger partial charge in [-0.1, -0.05) is 30.3 Å². The average molecular weight is 499 g/mol. The Bertz CT molecular complexity index is 1510. The number of non-ortho nitro benzene ring substituents is 1. The number of rotatable bonds is 8. The number of ether oxygens (including phenoxy) is 3. The van der Waals surface area contributed by atoms with E-state index in [0.717, 1.165) is 10.8 Å². The first kappa shape index (κ1) is 24.9. The van der Waals surface area contributed by atoms with Gasteiger partial charge in [0.2, 0.25) is 0 Å². The summed E-state index contributed by atoms with van der Waals surface area (Å²) >= 11 is 0. The Balaban J connectivity index is 1.60. The normalized spacial score (nSPS) is 10.8. The Morgan fingerprint density at radius 1 is 0.865 bits per heavy atom. The van der Waals surface area contributed by atoms with Gasteiger partial charge >= 0.3 is 5.97 Å². The molecule has 0 saturated heterocycles. The lowest BCUT2D eigenvalue weighted by Crippen LogP contribution is -2.17. The van der Waals surface area contributed by atoms with Gasteiger partial charge < -0.3 is 14.2 Å². The van der Waals surface area contributed by atoms with Crippen molar-refractivity contribution in [1.29, 1.82) is 0 Å². The minimum atomic E-state index is -0.624. The molecule has 0 heterocycles. The van der Waals surface area contributed by atoms with Crippen LogP contribution in [0.5, 0.6) is 17.2 Å². The van der Waals surface area contributed by atoms with Crippen LogP contribution in [-0.4, -0.2) is 37.2 Å². The molecule has 10 nitrogen and oxygen atoms in total. The first-order valence-corrected chi connectivity index (χ1v) is 10.9. The summed E-state index contributed by atoms with van der Waals surface area (Å²) in [6.07, 6.45) is 1.38. The van der Waals surface area contributed by atoms with Crippen molar-refractivity contribution in [3.63, 3.8) is 0 Å². The van der Waals surface area contributed by atoms with Crippen LogP contribution in [-0.2, 0) is 0 Å². The molecule has 186 valence electrons. The molecule has 4 rings (SSSR count). The number of nitro benzene ring substituents is 1. The Morgan fingerprint density at radius 2 is 1.54 bits per heavy atom. The van der Waals surface area contributed by atoms with E-state index in [1.54, 1.807) is 24.3 Å². The number of carbonyl (C=O) groups excluding carboxylic acids is 2. The lowest BCUT2D eigenvalue weighted by atomic mass is 10.0. The van der Waals surface area contributed by atoms with Crippen LogP contribution in [0.1, 0.15) is 26.3 Å². The molecule has 0 saturated carbocycles. The number of hydrazone groups is 1. The highest BCUT2D eigenvalue weighted by molar-refractivity contribution is 6.04. The van der Waals surface area contributed by atoms with Crippen LogP contribution in [0.3, 0.4) is 0 Å². The lowest BCUT2D eigenvalue weighted by molar-refractivity contribution is -0.384. The van der Waals surface area contributed by atoms with E-state index >= 15 is 0 Å². The minimum absolute atomic E-state index is 0.128. The van der Waals surface area contributed by atoms with Crippen molar-refractivity contribution in [3.8, 4) is 17.2 Å². The van der Waals surface area contributed by atoms with Gasteiger partial charge in [0.15, 0.2) is 11.5 Å². The number of nitro groups is 1. The van der Waals surface area contributed by atoms with Crippen molar-refractivity contribution < 1.29 is 28.7 Å². The fourth-order valence-corrected chi connectivity index (χ4v) is 3.57. The molecule has 0 radical (unpaired) electrons. The Kier molecular flexibility index (Phi) is 7.39. The monoisotopic (exact) mass is 499 g/mol. The molecule has 0 fully saturated rings. The summed E-state index contributed by atoms with van der Waals surface area (Å²) in [5.41, 5.74) is 3.18. The minimum Gasteiger partial charge on any atom is -0.493 e. The highest BCUT2D eigenvalue weighted by Crippen LogP contribution is 2.30. The number of amides is 1. The van der Waals surface area contributed by atoms with E-state index in [-0.39, 0.29) is 22.6 Å². The first-order valence-electron chi connectivity index (χ1n) is 10.9. The van der Waals surface area contributed by atoms with Crippen LogP contribution in [0.2, 0.25) is 0 Å². The average Bonchev–Trinajstić information content (AvgIpc) is 2.93. The van der Waals surface area contributed by atoms with Crippen LogP contribution >= 0.6 is 0 Å². The molecule has 10 heteroatoms. The van der Waals surface area contributed by atoms with Crippen LogP contribution in [0.15, 0.2) is 84.0 Å². The van der Waals surface area contributed by atoms with Crippen molar-refractivity contribution in [1.82, 2.24) is 5.43 Å². The van der Waals surface area contributed by atoms with Gasteiger partial charge in [-0.3, -0.25) is 14.9 Å². The maximum atomic E-state index is 12.9. The van der Waals surface area contributed by atoms with E-state index in [9.17, 15) is 19.7 Å². The predicted molar refractivity (Wildman–Crippen MR) is 137 cm³/mol. The molecule has 0 aromatic heterocycles. The summed E-state index contributed by atoms with van der Waals surface area (Å²) < 4.78 is 16.2. The number of esters is 1. The number of hydrogen-bond donors (Lipinski definition) is 1. The van der Waals surface area contributed by atoms with Gasteiger partial charge in [-0.25, -0.2) is 10.2 Å². The second kappa shape index (κ2) is 11.0. The summed E-state index contributed by atoms with van der Waals surface area (Å²) in [5, 5.41) is 16.5. The van der Waals surface area contributed by atoms with Crippen LogP contribution in [0.25, 0.3) is 10.8 Å². The van der Waals surface area contributed by atoms with E-state index in [4.69, 9.17) is 14.2 Å². The van der Waals surface area contributed by atoms with Gasteiger partial charge in [0.05, 0.1) is 30.9 Å². The number of nitrogens with zero attached hydrogens (tertiary/aromatic N) is 2. The largest absolute Gasteiger partial charge is 0.493 e. The molecule has 0 bridgehead atoms. The fraction of sp³-hybridized carbons (Fsp3) is 0.0741. The standard InChI is InChI=1S/C27H21N3O7/c1-35-24-14-10-19(15-25(24)36-2)27(32)37-23-13-9-17-5-3-4-6-21(17)22(23)16-28-29-26(31)18-7-11-20(12-8-18)30(33)34/h3-16H,1-2H3,(H,29,31). The van der Waals surface area contributed by atoms with Crippen molar-refractivity contribution >= 4 is 34.6 Å². The molecule has 0 spiro atoms. The Hall–Kier alpha value is -5.25. The van der Waals surface area contributed by atoms with Crippen LogP contribution in [0, 0.1) is 10.1 Å². The quantitative estimate of drug-likeness (QED) is 0.122. The summed E-state index contributed by atoms with van der Waals surface area (Å²) in [6, 6.07) is 20.7. The Morgan fingerprint density at radius 3 is 2.24 bits per heavy atom. The highest BCUT2D eigenvalue weighted by Gasteiger charge is 2.16. The SMILES string of the molecule is COc1ccc(C(=O)Oc2ccc3ccccc3c2C=NNC(=O)c2ccc([N+](=O)[O-])cc2)cc1OC. The third kappa shape index (κ3) is 5.54. The van der Waals surface area contributed by atoms with E-state index in [1.165, 1.54) is 50.8 Å². The number of fused-ring (bicyclic) bond motifs is 1. The number of hydrogen-bond acceptors (Lipinski definition) is 8. The van der Waals surface area contributed by atoms with E-state index in [1.807, 2.05) is 24.3 Å². The highest BCUT2D eigenvalue weighted by atomic mass is 16.6. The van der Waals surface area contributed by atoms with E-state index < -0.39 is 16.8 Å². The first-order chi connectivity index (χ1) is 17.9. The summed E-state index contributed by atoms with van der Waals surface area (Å²) in [6.45, 7) is 0. The second-order valence-electron chi connectivity index (χ2n) is 7.66. The maximum absolute atomic E-state index is 12.9. The van der Waals surface area contributed by atoms with Gasteiger partial charge in [-0.2, -0.15) is 5.10 Å². The molecule has 0 aliphatic heterocycles. The van der Waals surface area contributed by atoms with Crippen molar-refractivity contribution in [3.05, 3.63) is 106 Å². The number of methoxy groups -OCH3 is 2. The van der Waals surface area contributed by atoms with Gasteiger partial charge in [0.1, 0.15) is 5.75 Å². The second-order valence-corrected chi connectivity index (χ2v) is 7.66. The van der Waals surface area contributed by atoms with Crippen LogP contribution < -0.4 is 19.6 Å². The van der Waals surface area contributed by atoms with E-state index in [2.05, 4.69) is 10.5 Å². The Labute approximate surface area is 211 Å². The summed E-state index contributed by atoms with van der Waals surface area (Å²) in [4.78, 5) is 35.6. The fourth-order valence-electron chi connectivity index (χ4n) is 3.57. The van der Waals surface area contributed by atoms with Crippen molar-refractivity contribution in [2.24, 2.45) is 5.10 Å². The van der Waals surface area contributed by atoms with Crippen molar-refractivity contribution in [2.45, 2.75) is 0 Å². The lowest BCUT2D eigenvalue weighted by Gasteiger charge is -2.12. The van der Waals surface area contributed by atoms with Crippen molar-refractivity contribution in [2.75, 3.05) is 14.2 Å². The molecule has 1 N–H and O–H groups in total. The molecule has 0 aliphatic rings. The zero-order chi connectivity index (χ0) is 26.4. The van der Waals surface area contributed by atoms with Gasteiger partial charge in [-0.15, -0.1) is 0 Å². The molecule has 4 aromatic carbocycles. The van der Waals surface area contributed by atoms with Gasteiger partial charge in [0, 0.05) is 23.3 Å². The van der Waals surface area contributed by atoms with Gasteiger partial charge in [0.25, 0.3) is 11.6 Å². The molecule has 1 amide bonds. The van der Waals surface area contributed by atoms with Gasteiger partial charge in [-0.05, 0) is 47.2 Å². The zero-order valence-corrected chi connectivity index (χ0v) is 19.8. The third-order valence-corrected chi connectivity index (χ3v) is 5.45. The smallest absolute Gasteiger partial charge is 0.343 e. The summed E-state index contributed by atoms with van der Waals surface area (Å²) in [7, 11) is 2.97. The number of nitrogens with one attached hydrogen (secondary N) is 1. The predicted octanol–water partition coefficient (Wildman–Crippen LogP) is 4.75. The molecule has 4 aromatic rings. The number of carbonyl (C=O) groups is 2.